The van der Waals surface area contributed by atoms with Crippen molar-refractivity contribution in [2.75, 3.05) is 39.3 Å². The molecule has 0 aromatic carbocycles. The first kappa shape index (κ1) is 33.6. The van der Waals surface area contributed by atoms with Crippen LogP contribution in [0.1, 0.15) is 115 Å². The Hall–Kier alpha value is -0.240. The van der Waals surface area contributed by atoms with Gasteiger partial charge in [-0.1, -0.05) is 0 Å². The molecule has 6 heteroatoms. The predicted molar refractivity (Wildman–Crippen MR) is 177 cm³/mol. The van der Waals surface area contributed by atoms with Crippen LogP contribution in [0.2, 0.25) is 0 Å². The highest BCUT2D eigenvalue weighted by atomic mass is 15.4. The fraction of sp³-hybridized carbons (Fsp3) is 1.00. The van der Waals surface area contributed by atoms with Crippen molar-refractivity contribution in [1.29, 1.82) is 0 Å². The third kappa shape index (κ3) is 7.20. The molecule has 0 N–H and O–H groups in total. The molecule has 6 aliphatic rings. The van der Waals surface area contributed by atoms with E-state index in [2.05, 4.69) is 112 Å². The molecule has 6 atom stereocenters. The molecule has 0 radical (unpaired) electrons. The Morgan fingerprint density at radius 1 is 0.317 bits per heavy atom. The highest BCUT2D eigenvalue weighted by molar-refractivity contribution is 5.06. The van der Waals surface area contributed by atoms with Gasteiger partial charge in [0.25, 0.3) is 0 Å². The van der Waals surface area contributed by atoms with E-state index in [9.17, 15) is 0 Å². The van der Waals surface area contributed by atoms with Crippen molar-refractivity contribution in [2.45, 2.75) is 188 Å². The Labute approximate surface area is 256 Å². The molecule has 0 aromatic heterocycles. The zero-order valence-corrected chi connectivity index (χ0v) is 29.4. The van der Waals surface area contributed by atoms with Gasteiger partial charge in [0.15, 0.2) is 0 Å². The van der Waals surface area contributed by atoms with Crippen LogP contribution in [0, 0.1) is 0 Å². The number of hydrogen-bond acceptors (Lipinski definition) is 6. The Morgan fingerprint density at radius 3 is 0.878 bits per heavy atom. The smallest absolute Gasteiger partial charge is 0.0382 e. The van der Waals surface area contributed by atoms with E-state index in [0.717, 1.165) is 72.5 Å². The van der Waals surface area contributed by atoms with E-state index in [1.54, 1.807) is 0 Å². The summed E-state index contributed by atoms with van der Waals surface area (Å²) in [7, 11) is 0. The van der Waals surface area contributed by atoms with Gasteiger partial charge in [-0.05, 0) is 128 Å². The molecule has 6 fully saturated rings. The van der Waals surface area contributed by atoms with E-state index in [0.29, 0.717) is 0 Å². The summed E-state index contributed by atoms with van der Waals surface area (Å²) in [4.78, 5) is 16.1. The lowest BCUT2D eigenvalue weighted by Gasteiger charge is -2.58. The largest absolute Gasteiger partial charge is 0.295 e. The van der Waals surface area contributed by atoms with Crippen molar-refractivity contribution in [2.24, 2.45) is 0 Å². The average molecular weight is 575 g/mol. The van der Waals surface area contributed by atoms with Crippen LogP contribution in [0.3, 0.4) is 0 Å². The zero-order valence-electron chi connectivity index (χ0n) is 29.4. The van der Waals surface area contributed by atoms with Crippen molar-refractivity contribution in [3.05, 3.63) is 0 Å². The van der Waals surface area contributed by atoms with Crippen molar-refractivity contribution < 1.29 is 0 Å². The molecule has 0 bridgehead atoms. The summed E-state index contributed by atoms with van der Waals surface area (Å²) >= 11 is 0. The SMILES string of the molecule is CC(C)N1CCC2C1CN2C(C)C.CC(C)N1CCCC2C1CN2C(C)C.CC(C)N1CCCC2C1CN2C(C)C. The van der Waals surface area contributed by atoms with Gasteiger partial charge >= 0.3 is 0 Å². The van der Waals surface area contributed by atoms with Gasteiger partial charge in [0.1, 0.15) is 0 Å². The van der Waals surface area contributed by atoms with Crippen molar-refractivity contribution in [1.82, 2.24) is 29.4 Å². The van der Waals surface area contributed by atoms with Gasteiger partial charge in [-0.25, -0.2) is 0 Å². The minimum atomic E-state index is 0.733. The molecule has 0 amide bonds. The normalized spacial score (nSPS) is 35.0. The number of fused-ring (bicyclic) bond motifs is 3. The minimum Gasteiger partial charge on any atom is -0.295 e. The Bertz CT molecular complexity index is 752. The molecule has 6 unspecified atom stereocenters. The summed E-state index contributed by atoms with van der Waals surface area (Å²) in [5.74, 6) is 0. The number of nitrogens with zero attached hydrogens (tertiary/aromatic N) is 6. The fourth-order valence-electron chi connectivity index (χ4n) is 9.17. The Balaban J connectivity index is 0.000000142. The lowest BCUT2D eigenvalue weighted by molar-refractivity contribution is -0.0855. The topological polar surface area (TPSA) is 19.4 Å². The zero-order chi connectivity index (χ0) is 30.2. The molecular weight excluding hydrogens is 504 g/mol. The predicted octanol–water partition coefficient (Wildman–Crippen LogP) is 5.47. The van der Waals surface area contributed by atoms with Crippen LogP contribution in [0.15, 0.2) is 0 Å². The van der Waals surface area contributed by atoms with Crippen LogP contribution in [-0.4, -0.2) is 141 Å². The summed E-state index contributed by atoms with van der Waals surface area (Å²) in [6.45, 7) is 35.8. The van der Waals surface area contributed by atoms with Gasteiger partial charge in [-0.2, -0.15) is 0 Å². The first-order valence-electron chi connectivity index (χ1n) is 17.9. The Morgan fingerprint density at radius 2 is 0.585 bits per heavy atom. The number of likely N-dealkylation sites (tertiary alicyclic amines) is 6. The molecule has 0 spiro atoms. The van der Waals surface area contributed by atoms with Crippen molar-refractivity contribution in [3.63, 3.8) is 0 Å². The molecule has 6 aliphatic heterocycles. The lowest BCUT2D eigenvalue weighted by Crippen LogP contribution is -2.71. The molecule has 0 saturated carbocycles. The molecule has 6 nitrogen and oxygen atoms in total. The molecular formula is C35H70N6. The van der Waals surface area contributed by atoms with Gasteiger partial charge in [0, 0.05) is 98.7 Å². The van der Waals surface area contributed by atoms with Crippen molar-refractivity contribution in [3.8, 4) is 0 Å². The van der Waals surface area contributed by atoms with Crippen LogP contribution < -0.4 is 0 Å². The maximum Gasteiger partial charge on any atom is 0.0382 e. The van der Waals surface area contributed by atoms with E-state index in [1.165, 1.54) is 71.4 Å². The second-order valence-corrected chi connectivity index (χ2v) is 15.8. The summed E-state index contributed by atoms with van der Waals surface area (Å²) in [5.41, 5.74) is 0. The first-order valence-corrected chi connectivity index (χ1v) is 17.9. The number of hydrogen-bond donors (Lipinski definition) is 0. The third-order valence-electron chi connectivity index (χ3n) is 11.6. The summed E-state index contributed by atoms with van der Waals surface area (Å²) in [6.07, 6.45) is 7.02. The molecule has 6 heterocycles. The second-order valence-electron chi connectivity index (χ2n) is 15.8. The summed E-state index contributed by atoms with van der Waals surface area (Å²) in [6, 6.07) is 9.65. The number of piperidine rings is 2. The maximum atomic E-state index is 2.70. The van der Waals surface area contributed by atoms with Gasteiger partial charge in [0.2, 0.25) is 0 Å². The average Bonchev–Trinajstić information content (AvgIpc) is 3.15. The first-order chi connectivity index (χ1) is 19.3. The van der Waals surface area contributed by atoms with Crippen LogP contribution in [0.5, 0.6) is 0 Å². The molecule has 6 rings (SSSR count). The second kappa shape index (κ2) is 14.2. The highest BCUT2D eigenvalue weighted by Crippen LogP contribution is 2.36. The van der Waals surface area contributed by atoms with Gasteiger partial charge in [0.05, 0.1) is 0 Å². The number of rotatable bonds is 6. The van der Waals surface area contributed by atoms with E-state index >= 15 is 0 Å². The highest BCUT2D eigenvalue weighted by Gasteiger charge is 2.48. The molecule has 0 aromatic rings. The molecule has 240 valence electrons. The third-order valence-corrected chi connectivity index (χ3v) is 11.6. The van der Waals surface area contributed by atoms with Crippen LogP contribution in [0.25, 0.3) is 0 Å². The quantitative estimate of drug-likeness (QED) is 0.416. The Kier molecular flexibility index (Phi) is 11.7. The maximum absolute atomic E-state index is 2.70. The summed E-state index contributed by atoms with van der Waals surface area (Å²) in [5, 5.41) is 0. The van der Waals surface area contributed by atoms with Crippen molar-refractivity contribution >= 4 is 0 Å². The monoisotopic (exact) mass is 575 g/mol. The lowest BCUT2D eigenvalue weighted by atomic mass is 9.84. The van der Waals surface area contributed by atoms with E-state index in [4.69, 9.17) is 0 Å². The molecule has 0 aliphatic carbocycles. The van der Waals surface area contributed by atoms with Gasteiger partial charge in [-0.3, -0.25) is 29.4 Å². The van der Waals surface area contributed by atoms with E-state index < -0.39 is 0 Å². The van der Waals surface area contributed by atoms with E-state index in [1.807, 2.05) is 0 Å². The minimum absolute atomic E-state index is 0.733. The van der Waals surface area contributed by atoms with E-state index in [-0.39, 0.29) is 0 Å². The fourth-order valence-corrected chi connectivity index (χ4v) is 9.17. The summed E-state index contributed by atoms with van der Waals surface area (Å²) < 4.78 is 0. The standard InChI is InChI=1S/2C12H24N2.C11H22N2/c2*1-9(2)13-7-5-6-11-12(13)8-14(11)10(3)4;1-8(2)12-6-5-10-11(12)7-13(10)9(3)4/h2*9-12H,5-8H2,1-4H3;8-11H,5-7H2,1-4H3. The molecule has 41 heavy (non-hydrogen) atoms. The van der Waals surface area contributed by atoms with Gasteiger partial charge in [-0.15, -0.1) is 0 Å². The van der Waals surface area contributed by atoms with Crippen LogP contribution >= 0.6 is 0 Å². The van der Waals surface area contributed by atoms with Gasteiger partial charge < -0.3 is 0 Å². The molecule has 6 saturated heterocycles. The van der Waals surface area contributed by atoms with Crippen LogP contribution in [-0.2, 0) is 0 Å². The van der Waals surface area contributed by atoms with Crippen LogP contribution in [0.4, 0.5) is 0 Å².